The summed E-state index contributed by atoms with van der Waals surface area (Å²) in [5.74, 6) is -0.570. The molecule has 0 saturated heterocycles. The van der Waals surface area contributed by atoms with Gasteiger partial charge in [0.25, 0.3) is 7.82 Å². The van der Waals surface area contributed by atoms with Gasteiger partial charge in [0.05, 0.1) is 33.8 Å². The molecule has 0 aliphatic heterocycles. The number of nitrogens with zero attached hydrogens (tertiary/aromatic N) is 1. The highest BCUT2D eigenvalue weighted by Crippen LogP contribution is 2.38. The fourth-order valence-corrected chi connectivity index (χ4v) is 9.71. The average molecular weight is 1120 g/mol. The standard InChI is InChI=1S/C69H123N2O7P/c1-7-10-13-16-19-22-25-28-30-31-32-33-34-35-36-37-38-39-40-41-42-43-46-49-52-55-58-61-68(72)70-66(65-77-79(74,75)76-64-63-71(4,5)6)67(60-57-54-51-48-45-27-24-21-18-15-12-9-3)78-69(73)62-59-56-53-50-47-44-29-26-23-20-17-14-11-8-2/h10,13,19,22,28,30,32-33,35-36,38-39,44,47,57,60,66-67H,7-9,11-12,14-18,20-21,23-27,29,31,34,37,40-43,45-46,48-56,58-59,61-65H2,1-6H3,(H-,70,72,74,75)/b13-10-,22-19-,30-28-,33-32-,36-35-,39-38-,47-44-,60-57-. The van der Waals surface area contributed by atoms with Crippen LogP contribution in [-0.2, 0) is 27.9 Å². The quantitative estimate of drug-likeness (QED) is 0.0212. The van der Waals surface area contributed by atoms with Gasteiger partial charge in [0.2, 0.25) is 5.91 Å². The minimum Gasteiger partial charge on any atom is -0.756 e. The van der Waals surface area contributed by atoms with Crippen molar-refractivity contribution in [3.05, 3.63) is 97.2 Å². The van der Waals surface area contributed by atoms with Crippen molar-refractivity contribution in [2.24, 2.45) is 0 Å². The van der Waals surface area contributed by atoms with Crippen LogP contribution in [0.15, 0.2) is 97.2 Å². The van der Waals surface area contributed by atoms with E-state index in [2.05, 4.69) is 111 Å². The summed E-state index contributed by atoms with van der Waals surface area (Å²) in [7, 11) is 1.16. The van der Waals surface area contributed by atoms with Crippen molar-refractivity contribution >= 4 is 19.7 Å². The molecule has 0 fully saturated rings. The Balaban J connectivity index is 5.14. The number of nitrogens with one attached hydrogen (secondary N) is 1. The second-order valence-corrected chi connectivity index (χ2v) is 24.3. The van der Waals surface area contributed by atoms with E-state index in [9.17, 15) is 19.0 Å². The van der Waals surface area contributed by atoms with Gasteiger partial charge in [0, 0.05) is 12.8 Å². The zero-order chi connectivity index (χ0) is 57.9. The summed E-state index contributed by atoms with van der Waals surface area (Å²) in [6.45, 7) is 6.71. The third-order valence-corrected chi connectivity index (χ3v) is 15.0. The number of rotatable bonds is 58. The number of esters is 1. The van der Waals surface area contributed by atoms with E-state index >= 15 is 0 Å². The van der Waals surface area contributed by atoms with Crippen molar-refractivity contribution in [2.45, 2.75) is 290 Å². The van der Waals surface area contributed by atoms with Crippen LogP contribution in [-0.4, -0.2) is 69.4 Å². The number of likely N-dealkylation sites (N-methyl/N-ethyl adjacent to an activating group) is 1. The van der Waals surface area contributed by atoms with Crippen molar-refractivity contribution in [1.29, 1.82) is 0 Å². The molecule has 10 heteroatoms. The number of quaternary nitrogens is 1. The van der Waals surface area contributed by atoms with Gasteiger partial charge in [-0.05, 0) is 109 Å². The van der Waals surface area contributed by atoms with Crippen molar-refractivity contribution in [3.8, 4) is 0 Å². The monoisotopic (exact) mass is 1120 g/mol. The second-order valence-electron chi connectivity index (χ2n) is 22.9. The highest BCUT2D eigenvalue weighted by atomic mass is 31.2. The van der Waals surface area contributed by atoms with Gasteiger partial charge in [0.15, 0.2) is 0 Å². The summed E-state index contributed by atoms with van der Waals surface area (Å²) in [5, 5.41) is 3.02. The van der Waals surface area contributed by atoms with E-state index in [-0.39, 0.29) is 24.9 Å². The molecular formula is C69H123N2O7P. The molecule has 9 nitrogen and oxygen atoms in total. The minimum absolute atomic E-state index is 0.0300. The third-order valence-electron chi connectivity index (χ3n) is 14.0. The normalized spacial score (nSPS) is 14.3. The lowest BCUT2D eigenvalue weighted by Crippen LogP contribution is -2.47. The van der Waals surface area contributed by atoms with Crippen molar-refractivity contribution in [1.82, 2.24) is 5.32 Å². The van der Waals surface area contributed by atoms with Crippen molar-refractivity contribution in [2.75, 3.05) is 40.9 Å². The van der Waals surface area contributed by atoms with Crippen LogP contribution in [0.25, 0.3) is 0 Å². The van der Waals surface area contributed by atoms with E-state index < -0.39 is 26.6 Å². The third kappa shape index (κ3) is 59.4. The second kappa shape index (κ2) is 58.1. The molecule has 3 atom stereocenters. The zero-order valence-electron chi connectivity index (χ0n) is 52.1. The molecule has 0 aliphatic rings. The van der Waals surface area contributed by atoms with Gasteiger partial charge in [-0.15, -0.1) is 0 Å². The van der Waals surface area contributed by atoms with Crippen LogP contribution in [0.2, 0.25) is 0 Å². The van der Waals surface area contributed by atoms with E-state index in [0.717, 1.165) is 116 Å². The van der Waals surface area contributed by atoms with Crippen molar-refractivity contribution in [3.63, 3.8) is 0 Å². The molecule has 456 valence electrons. The maximum absolute atomic E-state index is 13.6. The van der Waals surface area contributed by atoms with Gasteiger partial charge >= 0.3 is 5.97 Å². The maximum atomic E-state index is 13.6. The van der Waals surface area contributed by atoms with Gasteiger partial charge in [0.1, 0.15) is 19.3 Å². The number of phosphoric ester groups is 1. The highest BCUT2D eigenvalue weighted by Gasteiger charge is 2.27. The number of hydrogen-bond donors (Lipinski definition) is 1. The van der Waals surface area contributed by atoms with Crippen LogP contribution in [0, 0.1) is 0 Å². The summed E-state index contributed by atoms with van der Waals surface area (Å²) in [5.41, 5.74) is 0. The number of phosphoric acid groups is 1. The Bertz CT molecular complexity index is 1670. The fourth-order valence-electron chi connectivity index (χ4n) is 8.99. The molecule has 0 aromatic rings. The topological polar surface area (TPSA) is 114 Å². The molecule has 79 heavy (non-hydrogen) atoms. The van der Waals surface area contributed by atoms with E-state index in [4.69, 9.17) is 13.8 Å². The predicted molar refractivity (Wildman–Crippen MR) is 339 cm³/mol. The van der Waals surface area contributed by atoms with Crippen LogP contribution >= 0.6 is 7.82 Å². The Morgan fingerprint density at radius 1 is 0.456 bits per heavy atom. The molecular weight excluding hydrogens is 1000 g/mol. The van der Waals surface area contributed by atoms with Gasteiger partial charge in [-0.25, -0.2) is 0 Å². The van der Waals surface area contributed by atoms with E-state index in [1.807, 2.05) is 33.3 Å². The maximum Gasteiger partial charge on any atom is 0.306 e. The predicted octanol–water partition coefficient (Wildman–Crippen LogP) is 19.7. The molecule has 3 unspecified atom stereocenters. The summed E-state index contributed by atoms with van der Waals surface area (Å²) in [6.07, 6.45) is 78.1. The summed E-state index contributed by atoms with van der Waals surface area (Å²) in [6, 6.07) is -0.904. The number of allylic oxidation sites excluding steroid dienone is 15. The smallest absolute Gasteiger partial charge is 0.306 e. The molecule has 0 bridgehead atoms. The van der Waals surface area contributed by atoms with E-state index in [1.165, 1.54) is 122 Å². The highest BCUT2D eigenvalue weighted by molar-refractivity contribution is 7.45. The first-order valence-electron chi connectivity index (χ1n) is 32.5. The van der Waals surface area contributed by atoms with Gasteiger partial charge < -0.3 is 28.5 Å². The summed E-state index contributed by atoms with van der Waals surface area (Å²) in [4.78, 5) is 40.0. The number of carbonyl (C=O) groups is 2. The number of ether oxygens (including phenoxy) is 1. The van der Waals surface area contributed by atoms with E-state index in [1.54, 1.807) is 0 Å². The minimum atomic E-state index is -4.71. The number of unbranched alkanes of at least 4 members (excludes halogenated alkanes) is 28. The first-order valence-corrected chi connectivity index (χ1v) is 34.0. The number of carbonyl (C=O) groups excluding carboxylic acids is 2. The van der Waals surface area contributed by atoms with Crippen LogP contribution in [0.1, 0.15) is 278 Å². The first-order chi connectivity index (χ1) is 38.4. The number of amides is 1. The summed E-state index contributed by atoms with van der Waals surface area (Å²) < 4.78 is 30.3. The Hall–Kier alpha value is -3.07. The largest absolute Gasteiger partial charge is 0.756 e. The van der Waals surface area contributed by atoms with Gasteiger partial charge in [-0.1, -0.05) is 253 Å². The number of hydrogen-bond acceptors (Lipinski definition) is 7. The molecule has 0 aliphatic carbocycles. The molecule has 0 spiro atoms. The van der Waals surface area contributed by atoms with Gasteiger partial charge in [-0.3, -0.25) is 14.2 Å². The first kappa shape index (κ1) is 75.9. The van der Waals surface area contributed by atoms with E-state index in [0.29, 0.717) is 23.9 Å². The van der Waals surface area contributed by atoms with Crippen molar-refractivity contribution < 1.29 is 37.3 Å². The van der Waals surface area contributed by atoms with Crippen LogP contribution in [0.3, 0.4) is 0 Å². The lowest BCUT2D eigenvalue weighted by atomic mass is 10.0. The molecule has 1 N–H and O–H groups in total. The Morgan fingerprint density at radius 3 is 1.24 bits per heavy atom. The Morgan fingerprint density at radius 2 is 0.810 bits per heavy atom. The molecule has 0 heterocycles. The lowest BCUT2D eigenvalue weighted by molar-refractivity contribution is -0.870. The molecule has 0 radical (unpaired) electrons. The molecule has 0 aromatic heterocycles. The molecule has 0 rings (SSSR count). The Labute approximate surface area is 488 Å². The van der Waals surface area contributed by atoms with Gasteiger partial charge in [-0.2, -0.15) is 0 Å². The lowest BCUT2D eigenvalue weighted by Gasteiger charge is -2.30. The van der Waals surface area contributed by atoms with Crippen LogP contribution in [0.4, 0.5) is 0 Å². The molecule has 0 aromatic carbocycles. The molecule has 0 saturated carbocycles. The van der Waals surface area contributed by atoms with Crippen LogP contribution < -0.4 is 10.2 Å². The molecule has 1 amide bonds. The zero-order valence-corrected chi connectivity index (χ0v) is 52.9. The Kier molecular flexibility index (Phi) is 55.9. The fraction of sp³-hybridized carbons (Fsp3) is 0.739. The SMILES string of the molecule is CC/C=C\C/C=C\C/C=C\C/C=C\C/C=C\C/C=C\CCCCCCCCCCC(=O)NC(COP(=O)([O-])OCC[N+](C)(C)C)C(/C=C\CCCCCCCCCCCC)OC(=O)CCCCC/C=C\CCCCCCCCC. The summed E-state index contributed by atoms with van der Waals surface area (Å²) >= 11 is 0. The average Bonchev–Trinajstić information content (AvgIpc) is 3.41. The van der Waals surface area contributed by atoms with Crippen LogP contribution in [0.5, 0.6) is 0 Å².